The van der Waals surface area contributed by atoms with Gasteiger partial charge in [0.1, 0.15) is 17.7 Å². The fourth-order valence-corrected chi connectivity index (χ4v) is 3.81. The summed E-state index contributed by atoms with van der Waals surface area (Å²) >= 11 is 0. The van der Waals surface area contributed by atoms with E-state index in [2.05, 4.69) is 10.4 Å². The minimum atomic E-state index is -0.540. The number of nitrogens with one attached hydrogen (secondary N) is 1. The molecule has 1 aliphatic rings. The number of benzene rings is 2. The van der Waals surface area contributed by atoms with Gasteiger partial charge in [0.25, 0.3) is 0 Å². The van der Waals surface area contributed by atoms with Crippen molar-refractivity contribution >= 4 is 17.7 Å². The first-order valence-corrected chi connectivity index (χ1v) is 10.1. The highest BCUT2D eigenvalue weighted by atomic mass is 16.6. The van der Waals surface area contributed by atoms with Gasteiger partial charge in [0, 0.05) is 12.6 Å². The summed E-state index contributed by atoms with van der Waals surface area (Å²) in [4.78, 5) is 24.5. The lowest BCUT2D eigenvalue weighted by molar-refractivity contribution is -0.119. The molecule has 1 aliphatic carbocycles. The van der Waals surface area contributed by atoms with E-state index in [1.807, 2.05) is 61.5 Å². The van der Waals surface area contributed by atoms with Crippen molar-refractivity contribution in [1.82, 2.24) is 9.78 Å². The maximum absolute atomic E-state index is 12.5. The van der Waals surface area contributed by atoms with Gasteiger partial charge in [0.05, 0.1) is 11.6 Å². The molecule has 1 saturated carbocycles. The van der Waals surface area contributed by atoms with Gasteiger partial charge in [0.15, 0.2) is 0 Å². The summed E-state index contributed by atoms with van der Waals surface area (Å²) in [5, 5.41) is 7.11. The van der Waals surface area contributed by atoms with E-state index in [-0.39, 0.29) is 17.3 Å². The second kappa shape index (κ2) is 7.78. The van der Waals surface area contributed by atoms with E-state index < -0.39 is 6.09 Å². The standard InChI is InChI=1S/C24H25N3O3/c1-16(18-7-5-4-6-8-18)30-23(29)26-22-21(15-25-27(22)3)19-9-11-20(12-10-19)24(13-14-24)17(2)28/h4-12,15-16H,13-14H2,1-3H3,(H,26,29)/t16-/m1/s1. The van der Waals surface area contributed by atoms with Crippen LogP contribution in [0.5, 0.6) is 0 Å². The van der Waals surface area contributed by atoms with Gasteiger partial charge in [-0.2, -0.15) is 5.10 Å². The fourth-order valence-electron chi connectivity index (χ4n) is 3.81. The molecule has 2 aromatic carbocycles. The van der Waals surface area contributed by atoms with E-state index in [9.17, 15) is 9.59 Å². The Morgan fingerprint density at radius 1 is 1.10 bits per heavy atom. The van der Waals surface area contributed by atoms with E-state index in [1.54, 1.807) is 24.9 Å². The third kappa shape index (κ3) is 3.73. The Hall–Kier alpha value is -3.41. The van der Waals surface area contributed by atoms with Crippen LogP contribution in [0.3, 0.4) is 0 Å². The number of ketones is 1. The van der Waals surface area contributed by atoms with Gasteiger partial charge in [-0.05, 0) is 43.4 Å². The van der Waals surface area contributed by atoms with Crippen molar-refractivity contribution < 1.29 is 14.3 Å². The average molecular weight is 403 g/mol. The van der Waals surface area contributed by atoms with Gasteiger partial charge in [-0.1, -0.05) is 54.6 Å². The Kier molecular flexibility index (Phi) is 5.16. The summed E-state index contributed by atoms with van der Waals surface area (Å²) in [6, 6.07) is 17.5. The molecule has 1 fully saturated rings. The van der Waals surface area contributed by atoms with Crippen molar-refractivity contribution in [2.45, 2.75) is 38.2 Å². The topological polar surface area (TPSA) is 73.2 Å². The van der Waals surface area contributed by atoms with Crippen LogP contribution in [-0.4, -0.2) is 21.7 Å². The first-order chi connectivity index (χ1) is 14.4. The molecule has 0 radical (unpaired) electrons. The van der Waals surface area contributed by atoms with Crippen LogP contribution in [0.4, 0.5) is 10.6 Å². The molecule has 1 N–H and O–H groups in total. The molecular formula is C24H25N3O3. The zero-order valence-corrected chi connectivity index (χ0v) is 17.4. The van der Waals surface area contributed by atoms with Gasteiger partial charge in [-0.3, -0.25) is 14.8 Å². The highest BCUT2D eigenvalue weighted by Gasteiger charge is 2.48. The molecule has 0 unspecified atom stereocenters. The van der Waals surface area contributed by atoms with E-state index >= 15 is 0 Å². The Morgan fingerprint density at radius 3 is 2.37 bits per heavy atom. The van der Waals surface area contributed by atoms with Gasteiger partial charge in [0.2, 0.25) is 0 Å². The lowest BCUT2D eigenvalue weighted by atomic mass is 9.91. The summed E-state index contributed by atoms with van der Waals surface area (Å²) in [5.41, 5.74) is 3.38. The maximum Gasteiger partial charge on any atom is 0.413 e. The van der Waals surface area contributed by atoms with E-state index in [0.717, 1.165) is 35.1 Å². The molecule has 6 heteroatoms. The molecule has 6 nitrogen and oxygen atoms in total. The van der Waals surface area contributed by atoms with Crippen molar-refractivity contribution in [2.24, 2.45) is 7.05 Å². The number of hydrogen-bond donors (Lipinski definition) is 1. The molecule has 1 amide bonds. The fraction of sp³-hybridized carbons (Fsp3) is 0.292. The van der Waals surface area contributed by atoms with Crippen molar-refractivity contribution in [3.05, 3.63) is 71.9 Å². The van der Waals surface area contributed by atoms with Gasteiger partial charge < -0.3 is 4.74 Å². The monoisotopic (exact) mass is 403 g/mol. The van der Waals surface area contributed by atoms with Crippen LogP contribution in [-0.2, 0) is 22.0 Å². The lowest BCUT2D eigenvalue weighted by Crippen LogP contribution is -2.18. The SMILES string of the molecule is CC(=O)C1(c2ccc(-c3cnn(C)c3NC(=O)O[C@H](C)c3ccccc3)cc2)CC1. The third-order valence-electron chi connectivity index (χ3n) is 5.88. The predicted octanol–water partition coefficient (Wildman–Crippen LogP) is 5.02. The van der Waals surface area contributed by atoms with E-state index in [1.165, 1.54) is 0 Å². The molecule has 1 heterocycles. The molecule has 0 saturated heterocycles. The summed E-state index contributed by atoms with van der Waals surface area (Å²) in [6.45, 7) is 3.49. The maximum atomic E-state index is 12.5. The molecule has 154 valence electrons. The quantitative estimate of drug-likeness (QED) is 0.627. The molecule has 0 spiro atoms. The molecule has 1 atom stereocenters. The second-order valence-electron chi connectivity index (χ2n) is 7.83. The van der Waals surface area contributed by atoms with Crippen LogP contribution in [0.1, 0.15) is 43.9 Å². The van der Waals surface area contributed by atoms with Crippen LogP contribution in [0.25, 0.3) is 11.1 Å². The summed E-state index contributed by atoms with van der Waals surface area (Å²) in [5.74, 6) is 0.773. The number of carbonyl (C=O) groups excluding carboxylic acids is 2. The van der Waals surface area contributed by atoms with Gasteiger partial charge in [-0.15, -0.1) is 0 Å². The number of carbonyl (C=O) groups is 2. The highest BCUT2D eigenvalue weighted by Crippen LogP contribution is 2.49. The van der Waals surface area contributed by atoms with Gasteiger partial charge in [-0.25, -0.2) is 4.79 Å². The number of anilines is 1. The molecule has 4 rings (SSSR count). The third-order valence-corrected chi connectivity index (χ3v) is 5.88. The number of nitrogens with zero attached hydrogens (tertiary/aromatic N) is 2. The lowest BCUT2D eigenvalue weighted by Gasteiger charge is -2.15. The van der Waals surface area contributed by atoms with Crippen LogP contribution in [0, 0.1) is 0 Å². The molecule has 3 aromatic rings. The largest absolute Gasteiger partial charge is 0.441 e. The number of aryl methyl sites for hydroxylation is 1. The predicted molar refractivity (Wildman–Crippen MR) is 115 cm³/mol. The number of rotatable bonds is 6. The molecule has 1 aromatic heterocycles. The molecule has 0 aliphatic heterocycles. The molecule has 30 heavy (non-hydrogen) atoms. The Morgan fingerprint density at radius 2 is 1.77 bits per heavy atom. The van der Waals surface area contributed by atoms with Crippen LogP contribution in [0.15, 0.2) is 60.8 Å². The zero-order valence-electron chi connectivity index (χ0n) is 17.4. The number of Topliss-reactive ketones (excluding diaryl/α,β-unsaturated/α-hetero) is 1. The number of ether oxygens (including phenoxy) is 1. The van der Waals surface area contributed by atoms with Crippen molar-refractivity contribution in [3.63, 3.8) is 0 Å². The summed E-state index contributed by atoms with van der Waals surface area (Å²) < 4.78 is 7.13. The smallest absolute Gasteiger partial charge is 0.413 e. The number of aromatic nitrogens is 2. The average Bonchev–Trinajstić information content (AvgIpc) is 3.49. The summed E-state index contributed by atoms with van der Waals surface area (Å²) in [6.07, 6.45) is 2.62. The minimum absolute atomic E-state index is 0.217. The number of amides is 1. The zero-order chi connectivity index (χ0) is 21.3. The van der Waals surface area contributed by atoms with Crippen LogP contribution >= 0.6 is 0 Å². The van der Waals surface area contributed by atoms with Crippen LogP contribution in [0.2, 0.25) is 0 Å². The van der Waals surface area contributed by atoms with Gasteiger partial charge >= 0.3 is 6.09 Å². The minimum Gasteiger partial charge on any atom is -0.441 e. The Labute approximate surface area is 175 Å². The van der Waals surface area contributed by atoms with E-state index in [4.69, 9.17) is 4.74 Å². The Bertz CT molecular complexity index is 1070. The molecule has 0 bridgehead atoms. The van der Waals surface area contributed by atoms with Crippen LogP contribution < -0.4 is 5.32 Å². The first kappa shape index (κ1) is 19.9. The molecular weight excluding hydrogens is 378 g/mol. The van der Waals surface area contributed by atoms with Crippen molar-refractivity contribution in [2.75, 3.05) is 5.32 Å². The second-order valence-corrected chi connectivity index (χ2v) is 7.83. The van der Waals surface area contributed by atoms with E-state index in [0.29, 0.717) is 5.82 Å². The van der Waals surface area contributed by atoms with Crippen molar-refractivity contribution in [1.29, 1.82) is 0 Å². The Balaban J connectivity index is 1.51. The normalized spacial score (nSPS) is 15.3. The number of hydrogen-bond acceptors (Lipinski definition) is 4. The highest BCUT2D eigenvalue weighted by molar-refractivity contribution is 5.92. The van der Waals surface area contributed by atoms with Crippen molar-refractivity contribution in [3.8, 4) is 11.1 Å². The summed E-state index contributed by atoms with van der Waals surface area (Å²) in [7, 11) is 1.77. The first-order valence-electron chi connectivity index (χ1n) is 10.1.